The van der Waals surface area contributed by atoms with Crippen LogP contribution in [0.1, 0.15) is 0 Å². The molecule has 2 heterocycles. The van der Waals surface area contributed by atoms with Crippen molar-refractivity contribution in [2.45, 2.75) is 0 Å². The van der Waals surface area contributed by atoms with Gasteiger partial charge in [0.2, 0.25) is 0 Å². The largest absolute Gasteiger partial charge is 0.309 e. The topological polar surface area (TPSA) is 30.7 Å². The predicted octanol–water partition coefficient (Wildman–Crippen LogP) is 16.5. The maximum absolute atomic E-state index is 5.34. The highest BCUT2D eigenvalue weighted by Crippen LogP contribution is 2.48. The molecule has 11 aromatic carbocycles. The second kappa shape index (κ2) is 15.0. The third kappa shape index (κ3) is 5.97. The lowest BCUT2D eigenvalue weighted by Crippen LogP contribution is -1.98. The van der Waals surface area contributed by atoms with Gasteiger partial charge in [0.25, 0.3) is 0 Å². The summed E-state index contributed by atoms with van der Waals surface area (Å²) in [6, 6.07) is 85.2. The van der Waals surface area contributed by atoms with Crippen molar-refractivity contribution in [2.24, 2.45) is 0 Å². The number of para-hydroxylation sites is 2. The smallest absolute Gasteiger partial charge is 0.160 e. The summed E-state index contributed by atoms with van der Waals surface area (Å²) < 4.78 is 2.35. The van der Waals surface area contributed by atoms with E-state index in [1.54, 1.807) is 0 Å². The first-order valence-corrected chi connectivity index (χ1v) is 22.2. The van der Waals surface area contributed by atoms with Crippen molar-refractivity contribution in [3.05, 3.63) is 237 Å². The molecule has 2 aromatic heterocycles. The Kier molecular flexibility index (Phi) is 8.53. The Morgan fingerprint density at radius 3 is 1.48 bits per heavy atom. The van der Waals surface area contributed by atoms with Gasteiger partial charge in [-0.2, -0.15) is 0 Å². The van der Waals surface area contributed by atoms with Gasteiger partial charge in [-0.15, -0.1) is 0 Å². The van der Waals surface area contributed by atoms with Crippen molar-refractivity contribution in [3.63, 3.8) is 0 Å². The third-order valence-electron chi connectivity index (χ3n) is 13.2. The van der Waals surface area contributed by atoms with E-state index >= 15 is 0 Å². The number of benzene rings is 11. The van der Waals surface area contributed by atoms with Gasteiger partial charge in [-0.1, -0.05) is 206 Å². The quantitative estimate of drug-likeness (QED) is 0.123. The van der Waals surface area contributed by atoms with Crippen LogP contribution in [0.4, 0.5) is 0 Å². The lowest BCUT2D eigenvalue weighted by Gasteiger charge is -2.21. The minimum absolute atomic E-state index is 0.693. The van der Waals surface area contributed by atoms with Gasteiger partial charge in [-0.3, -0.25) is 0 Å². The fourth-order valence-corrected chi connectivity index (χ4v) is 10.3. The Hall–Kier alpha value is -8.66. The van der Waals surface area contributed by atoms with Gasteiger partial charge in [0, 0.05) is 33.2 Å². The number of nitrogens with zero attached hydrogens (tertiary/aromatic N) is 3. The Bertz CT molecular complexity index is 3930. The third-order valence-corrected chi connectivity index (χ3v) is 13.2. The summed E-state index contributed by atoms with van der Waals surface area (Å²) in [6.45, 7) is 0. The molecule has 0 saturated carbocycles. The predicted molar refractivity (Wildman–Crippen MR) is 274 cm³/mol. The second-order valence-corrected chi connectivity index (χ2v) is 16.8. The van der Waals surface area contributed by atoms with E-state index in [4.69, 9.17) is 9.97 Å². The van der Waals surface area contributed by atoms with Crippen LogP contribution in [0.3, 0.4) is 0 Å². The fourth-order valence-electron chi connectivity index (χ4n) is 10.3. The van der Waals surface area contributed by atoms with E-state index in [0.29, 0.717) is 5.82 Å². The SMILES string of the molecule is c1ccc(-c2nc(-c3ccc(-n4c5ccccc5c5ccccc54)cc3)cc(-c3ccc(-c4c5ccccc5c(-c5ccccc5)c5c4ccc4ccccc45)c4ccccc34)n2)cc1. The van der Waals surface area contributed by atoms with E-state index in [9.17, 15) is 0 Å². The van der Waals surface area contributed by atoms with Gasteiger partial charge >= 0.3 is 0 Å². The Morgan fingerprint density at radius 1 is 0.292 bits per heavy atom. The molecule has 302 valence electrons. The van der Waals surface area contributed by atoms with E-state index in [-0.39, 0.29) is 0 Å². The van der Waals surface area contributed by atoms with Crippen molar-refractivity contribution in [1.29, 1.82) is 0 Å². The molecule has 3 heteroatoms. The molecule has 3 nitrogen and oxygen atoms in total. The van der Waals surface area contributed by atoms with Gasteiger partial charge in [0.1, 0.15) is 0 Å². The van der Waals surface area contributed by atoms with Crippen molar-refractivity contribution in [3.8, 4) is 61.8 Å². The molecule has 13 rings (SSSR count). The molecule has 0 spiro atoms. The molecule has 0 aliphatic rings. The fraction of sp³-hybridized carbons (Fsp3) is 0. The zero-order chi connectivity index (χ0) is 42.8. The second-order valence-electron chi connectivity index (χ2n) is 16.8. The molecule has 0 aliphatic heterocycles. The van der Waals surface area contributed by atoms with Crippen LogP contribution < -0.4 is 0 Å². The summed E-state index contributed by atoms with van der Waals surface area (Å²) in [6.07, 6.45) is 0. The van der Waals surface area contributed by atoms with Crippen LogP contribution in [-0.2, 0) is 0 Å². The number of aromatic nitrogens is 3. The minimum Gasteiger partial charge on any atom is -0.309 e. The van der Waals surface area contributed by atoms with Crippen LogP contribution in [0, 0.1) is 0 Å². The first-order chi connectivity index (χ1) is 32.3. The summed E-state index contributed by atoms with van der Waals surface area (Å²) >= 11 is 0. The summed E-state index contributed by atoms with van der Waals surface area (Å²) in [5, 5.41) is 12.3. The highest BCUT2D eigenvalue weighted by atomic mass is 15.0. The molecule has 0 saturated heterocycles. The maximum Gasteiger partial charge on any atom is 0.160 e. The highest BCUT2D eigenvalue weighted by Gasteiger charge is 2.22. The normalized spacial score (nSPS) is 11.7. The molecule has 0 fully saturated rings. The average molecular weight is 826 g/mol. The van der Waals surface area contributed by atoms with Gasteiger partial charge in [0.05, 0.1) is 22.4 Å². The van der Waals surface area contributed by atoms with Crippen LogP contribution in [0.2, 0.25) is 0 Å². The van der Waals surface area contributed by atoms with Crippen LogP contribution >= 0.6 is 0 Å². The first-order valence-electron chi connectivity index (χ1n) is 22.2. The summed E-state index contributed by atoms with van der Waals surface area (Å²) in [7, 11) is 0. The summed E-state index contributed by atoms with van der Waals surface area (Å²) in [5.74, 6) is 0.693. The molecule has 65 heavy (non-hydrogen) atoms. The van der Waals surface area contributed by atoms with Crippen molar-refractivity contribution in [1.82, 2.24) is 14.5 Å². The number of hydrogen-bond donors (Lipinski definition) is 0. The zero-order valence-corrected chi connectivity index (χ0v) is 35.4. The number of fused-ring (bicyclic) bond motifs is 8. The van der Waals surface area contributed by atoms with Crippen molar-refractivity contribution in [2.75, 3.05) is 0 Å². The lowest BCUT2D eigenvalue weighted by molar-refractivity contribution is 1.17. The molecule has 13 aromatic rings. The number of rotatable bonds is 6. The molecular formula is C62H39N3. The molecule has 0 radical (unpaired) electrons. The Morgan fingerprint density at radius 2 is 0.800 bits per heavy atom. The Balaban J connectivity index is 1.01. The zero-order valence-electron chi connectivity index (χ0n) is 35.4. The first kappa shape index (κ1) is 36.9. The molecule has 0 N–H and O–H groups in total. The van der Waals surface area contributed by atoms with E-state index in [0.717, 1.165) is 39.2 Å². The van der Waals surface area contributed by atoms with Gasteiger partial charge in [0.15, 0.2) is 5.82 Å². The van der Waals surface area contributed by atoms with Crippen molar-refractivity contribution >= 4 is 64.9 Å². The minimum atomic E-state index is 0.693. The van der Waals surface area contributed by atoms with E-state index in [1.165, 1.54) is 81.8 Å². The van der Waals surface area contributed by atoms with E-state index in [2.05, 4.69) is 235 Å². The number of hydrogen-bond acceptors (Lipinski definition) is 2. The molecule has 0 amide bonds. The monoisotopic (exact) mass is 825 g/mol. The Labute approximate surface area is 376 Å². The van der Waals surface area contributed by atoms with E-state index in [1.807, 2.05) is 6.07 Å². The standard InChI is InChI=1S/C62H39N3/c1-3-18-42(19-4-1)59-51-27-11-12-28-52(51)60(54-36-33-40-17-7-8-22-45(40)61(54)59)53-38-37-48(46-23-9-10-24-47(46)53)56-39-55(63-62(64-56)43-20-5-2-6-21-43)41-31-34-44(35-32-41)65-57-29-15-13-25-49(57)50-26-14-16-30-58(50)65/h1-39H. The molecule has 0 atom stereocenters. The van der Waals surface area contributed by atoms with Crippen LogP contribution in [0.15, 0.2) is 237 Å². The molecule has 0 bridgehead atoms. The molecule has 0 unspecified atom stereocenters. The molecule has 0 aliphatic carbocycles. The van der Waals surface area contributed by atoms with Crippen LogP contribution in [0.5, 0.6) is 0 Å². The lowest BCUT2D eigenvalue weighted by atomic mass is 9.82. The van der Waals surface area contributed by atoms with Crippen molar-refractivity contribution < 1.29 is 0 Å². The highest BCUT2D eigenvalue weighted by molar-refractivity contribution is 6.29. The van der Waals surface area contributed by atoms with Gasteiger partial charge < -0.3 is 4.57 Å². The molecular weight excluding hydrogens is 787 g/mol. The average Bonchev–Trinajstić information content (AvgIpc) is 3.72. The maximum atomic E-state index is 5.34. The summed E-state index contributed by atoms with van der Waals surface area (Å²) in [5.41, 5.74) is 13.2. The van der Waals surface area contributed by atoms with E-state index < -0.39 is 0 Å². The van der Waals surface area contributed by atoms with Gasteiger partial charge in [-0.25, -0.2) is 9.97 Å². The summed E-state index contributed by atoms with van der Waals surface area (Å²) in [4.78, 5) is 10.6. The van der Waals surface area contributed by atoms with Gasteiger partial charge in [-0.05, 0) is 95.7 Å². The van der Waals surface area contributed by atoms with Crippen LogP contribution in [0.25, 0.3) is 127 Å². The van der Waals surface area contributed by atoms with Crippen LogP contribution in [-0.4, -0.2) is 14.5 Å².